The van der Waals surface area contributed by atoms with E-state index in [1.807, 2.05) is 20.8 Å². The van der Waals surface area contributed by atoms with Gasteiger partial charge in [0.15, 0.2) is 0 Å². The quantitative estimate of drug-likeness (QED) is 0.604. The fourth-order valence-electron chi connectivity index (χ4n) is 3.59. The maximum atomic E-state index is 12.4. The molecule has 0 bridgehead atoms. The van der Waals surface area contributed by atoms with Crippen LogP contribution < -0.4 is 5.32 Å². The average molecular weight is 313 g/mol. The minimum Gasteiger partial charge on any atom is -0.458 e. The van der Waals surface area contributed by atoms with Crippen LogP contribution in [0.4, 0.5) is 0 Å². The highest BCUT2D eigenvalue weighted by atomic mass is 16.6. The van der Waals surface area contributed by atoms with Gasteiger partial charge in [0, 0.05) is 12.3 Å². The van der Waals surface area contributed by atoms with Crippen molar-refractivity contribution in [1.82, 2.24) is 5.32 Å². The summed E-state index contributed by atoms with van der Waals surface area (Å²) in [5, 5.41) is 11.8. The number of aliphatic hydroxyl groups is 1. The SMILES string of the molecule is CC(C)(C)OC(=O)[C@H]1NC(=O)C[C@@H]1C1CCCCC1OCO. The first-order valence-corrected chi connectivity index (χ1v) is 8.06. The Morgan fingerprint density at radius 2 is 1.95 bits per heavy atom. The first-order chi connectivity index (χ1) is 10.3. The standard InChI is InChI=1S/C16H27NO5/c1-16(2,3)22-15(20)14-11(8-13(19)17-14)10-6-4-5-7-12(10)21-9-18/h10-12,14,18H,4-9H2,1-3H3,(H,17,19)/t10?,11-,12?,14+/m1/s1. The van der Waals surface area contributed by atoms with Crippen LogP contribution in [-0.2, 0) is 19.1 Å². The topological polar surface area (TPSA) is 84.9 Å². The molecule has 1 amide bonds. The maximum Gasteiger partial charge on any atom is 0.329 e. The summed E-state index contributed by atoms with van der Waals surface area (Å²) in [6, 6.07) is -0.611. The molecule has 2 rings (SSSR count). The van der Waals surface area contributed by atoms with Crippen molar-refractivity contribution < 1.29 is 24.2 Å². The Bertz CT molecular complexity index is 415. The zero-order valence-electron chi connectivity index (χ0n) is 13.6. The van der Waals surface area contributed by atoms with Gasteiger partial charge in [-0.25, -0.2) is 4.79 Å². The summed E-state index contributed by atoms with van der Waals surface area (Å²) >= 11 is 0. The van der Waals surface area contributed by atoms with Crippen LogP contribution in [0.15, 0.2) is 0 Å². The fourth-order valence-corrected chi connectivity index (χ4v) is 3.59. The number of amides is 1. The number of rotatable bonds is 4. The summed E-state index contributed by atoms with van der Waals surface area (Å²) in [6.45, 7) is 5.12. The molecule has 126 valence electrons. The summed E-state index contributed by atoms with van der Waals surface area (Å²) in [5.41, 5.74) is -0.581. The number of hydrogen-bond donors (Lipinski definition) is 2. The number of ether oxygens (including phenoxy) is 2. The van der Waals surface area contributed by atoms with E-state index < -0.39 is 11.6 Å². The molecule has 2 N–H and O–H groups in total. The van der Waals surface area contributed by atoms with Crippen molar-refractivity contribution >= 4 is 11.9 Å². The highest BCUT2D eigenvalue weighted by Gasteiger charge is 2.46. The second kappa shape index (κ2) is 6.96. The van der Waals surface area contributed by atoms with Crippen LogP contribution in [0.5, 0.6) is 0 Å². The van der Waals surface area contributed by atoms with E-state index in [0.29, 0.717) is 6.42 Å². The lowest BCUT2D eigenvalue weighted by Crippen LogP contribution is -2.46. The Morgan fingerprint density at radius 1 is 1.27 bits per heavy atom. The minimum atomic E-state index is -0.611. The Hall–Kier alpha value is -1.14. The van der Waals surface area contributed by atoms with Gasteiger partial charge in [-0.05, 0) is 39.5 Å². The van der Waals surface area contributed by atoms with E-state index in [1.165, 1.54) is 0 Å². The largest absolute Gasteiger partial charge is 0.458 e. The summed E-state index contributed by atoms with van der Waals surface area (Å²) < 4.78 is 10.9. The van der Waals surface area contributed by atoms with Crippen LogP contribution in [0, 0.1) is 11.8 Å². The lowest BCUT2D eigenvalue weighted by molar-refractivity contribution is -0.160. The average Bonchev–Trinajstić information content (AvgIpc) is 2.80. The summed E-state index contributed by atoms with van der Waals surface area (Å²) in [4.78, 5) is 24.2. The van der Waals surface area contributed by atoms with Crippen LogP contribution in [0.3, 0.4) is 0 Å². The Labute approximate surface area is 131 Å². The number of hydrogen-bond acceptors (Lipinski definition) is 5. The smallest absolute Gasteiger partial charge is 0.329 e. The van der Waals surface area contributed by atoms with Gasteiger partial charge in [0.1, 0.15) is 18.4 Å². The molecule has 0 spiro atoms. The molecule has 0 radical (unpaired) electrons. The molecule has 1 aliphatic carbocycles. The Kier molecular flexibility index (Phi) is 5.45. The second-order valence-corrected chi connectivity index (χ2v) is 7.23. The van der Waals surface area contributed by atoms with E-state index in [0.717, 1.165) is 25.7 Å². The first-order valence-electron chi connectivity index (χ1n) is 8.06. The van der Waals surface area contributed by atoms with Crippen molar-refractivity contribution in [3.05, 3.63) is 0 Å². The van der Waals surface area contributed by atoms with Gasteiger partial charge in [-0.15, -0.1) is 0 Å². The molecule has 2 fully saturated rings. The zero-order valence-corrected chi connectivity index (χ0v) is 13.6. The van der Waals surface area contributed by atoms with Crippen LogP contribution >= 0.6 is 0 Å². The van der Waals surface area contributed by atoms with Gasteiger partial charge >= 0.3 is 5.97 Å². The monoisotopic (exact) mass is 313 g/mol. The predicted octanol–water partition coefficient (Wildman–Crippen LogP) is 1.36. The van der Waals surface area contributed by atoms with Crippen molar-refractivity contribution in [2.24, 2.45) is 11.8 Å². The van der Waals surface area contributed by atoms with Crippen molar-refractivity contribution in [1.29, 1.82) is 0 Å². The molecule has 1 saturated heterocycles. The van der Waals surface area contributed by atoms with E-state index in [-0.39, 0.29) is 36.6 Å². The van der Waals surface area contributed by atoms with Crippen molar-refractivity contribution in [2.75, 3.05) is 6.79 Å². The number of esters is 1. The summed E-state index contributed by atoms with van der Waals surface area (Å²) in [6.07, 6.45) is 4.09. The van der Waals surface area contributed by atoms with Crippen LogP contribution in [0.2, 0.25) is 0 Å². The minimum absolute atomic E-state index is 0.0948. The van der Waals surface area contributed by atoms with Gasteiger partial charge in [-0.3, -0.25) is 4.79 Å². The Balaban J connectivity index is 2.12. The molecule has 1 saturated carbocycles. The van der Waals surface area contributed by atoms with Gasteiger partial charge in [0.25, 0.3) is 0 Å². The molecular weight excluding hydrogens is 286 g/mol. The highest BCUT2D eigenvalue weighted by Crippen LogP contribution is 2.38. The fraction of sp³-hybridized carbons (Fsp3) is 0.875. The van der Waals surface area contributed by atoms with Gasteiger partial charge in [0.05, 0.1) is 6.10 Å². The van der Waals surface area contributed by atoms with Crippen molar-refractivity contribution in [2.45, 2.75) is 70.6 Å². The zero-order chi connectivity index (χ0) is 16.3. The van der Waals surface area contributed by atoms with Crippen LogP contribution in [0.25, 0.3) is 0 Å². The maximum absolute atomic E-state index is 12.4. The number of aliphatic hydroxyl groups excluding tert-OH is 1. The second-order valence-electron chi connectivity index (χ2n) is 7.23. The molecule has 22 heavy (non-hydrogen) atoms. The van der Waals surface area contributed by atoms with Gasteiger partial charge in [0.2, 0.25) is 5.91 Å². The number of carbonyl (C=O) groups is 2. The molecule has 6 heteroatoms. The molecule has 2 aliphatic rings. The molecule has 6 nitrogen and oxygen atoms in total. The summed E-state index contributed by atoms with van der Waals surface area (Å²) in [7, 11) is 0. The first kappa shape index (κ1) is 17.2. The lowest BCUT2D eigenvalue weighted by Gasteiger charge is -2.36. The van der Waals surface area contributed by atoms with E-state index in [2.05, 4.69) is 5.32 Å². The molecular formula is C16H27NO5. The number of carbonyl (C=O) groups excluding carboxylic acids is 2. The lowest BCUT2D eigenvalue weighted by atomic mass is 9.74. The van der Waals surface area contributed by atoms with E-state index in [1.54, 1.807) is 0 Å². The third-order valence-corrected chi connectivity index (χ3v) is 4.42. The normalized spacial score (nSPS) is 32.6. The van der Waals surface area contributed by atoms with Gasteiger partial charge < -0.3 is 19.9 Å². The number of nitrogens with one attached hydrogen (secondary N) is 1. The molecule has 1 heterocycles. The predicted molar refractivity (Wildman–Crippen MR) is 79.8 cm³/mol. The molecule has 2 unspecified atom stereocenters. The molecule has 1 aliphatic heterocycles. The van der Waals surface area contributed by atoms with Crippen LogP contribution in [-0.4, -0.2) is 41.5 Å². The van der Waals surface area contributed by atoms with E-state index in [4.69, 9.17) is 14.6 Å². The molecule has 0 aromatic rings. The Morgan fingerprint density at radius 3 is 2.59 bits per heavy atom. The van der Waals surface area contributed by atoms with Crippen molar-refractivity contribution in [3.63, 3.8) is 0 Å². The molecule has 0 aromatic carbocycles. The summed E-state index contributed by atoms with van der Waals surface area (Å²) in [5.74, 6) is -0.526. The van der Waals surface area contributed by atoms with E-state index in [9.17, 15) is 9.59 Å². The van der Waals surface area contributed by atoms with E-state index >= 15 is 0 Å². The third kappa shape index (κ3) is 4.20. The molecule has 4 atom stereocenters. The van der Waals surface area contributed by atoms with Gasteiger partial charge in [-0.1, -0.05) is 12.8 Å². The highest BCUT2D eigenvalue weighted by molar-refractivity contribution is 5.89. The van der Waals surface area contributed by atoms with Gasteiger partial charge in [-0.2, -0.15) is 0 Å². The van der Waals surface area contributed by atoms with Crippen molar-refractivity contribution in [3.8, 4) is 0 Å². The third-order valence-electron chi connectivity index (χ3n) is 4.42. The van der Waals surface area contributed by atoms with Crippen LogP contribution in [0.1, 0.15) is 52.9 Å². The molecule has 0 aromatic heterocycles.